The summed E-state index contributed by atoms with van der Waals surface area (Å²) in [6.45, 7) is 3.07. The third-order valence-corrected chi connectivity index (χ3v) is 5.17. The van der Waals surface area contributed by atoms with E-state index >= 15 is 0 Å². The van der Waals surface area contributed by atoms with Gasteiger partial charge in [-0.05, 0) is 49.3 Å². The van der Waals surface area contributed by atoms with E-state index in [-0.39, 0.29) is 5.91 Å². The van der Waals surface area contributed by atoms with E-state index in [0.29, 0.717) is 29.1 Å². The molecule has 4 heteroatoms. The highest BCUT2D eigenvalue weighted by Crippen LogP contribution is 2.39. The number of hydrogen-bond donors (Lipinski definition) is 1. The molecule has 0 radical (unpaired) electrons. The quantitative estimate of drug-likeness (QED) is 0.805. The lowest BCUT2D eigenvalue weighted by Crippen LogP contribution is -2.52. The zero-order valence-electron chi connectivity index (χ0n) is 12.5. The summed E-state index contributed by atoms with van der Waals surface area (Å²) in [6, 6.07) is 4.45. The second kappa shape index (κ2) is 5.66. The van der Waals surface area contributed by atoms with Crippen LogP contribution in [0.4, 0.5) is 10.1 Å². The highest BCUT2D eigenvalue weighted by molar-refractivity contribution is 5.95. The van der Waals surface area contributed by atoms with Crippen LogP contribution in [0.1, 0.15) is 49.4 Å². The molecule has 1 aromatic rings. The molecule has 0 spiro atoms. The molecule has 1 aliphatic carbocycles. The largest absolute Gasteiger partial charge is 0.399 e. The second-order valence-corrected chi connectivity index (χ2v) is 6.55. The summed E-state index contributed by atoms with van der Waals surface area (Å²) in [5, 5.41) is 0. The van der Waals surface area contributed by atoms with Crippen LogP contribution in [0.25, 0.3) is 0 Å². The fraction of sp³-hybridized carbons (Fsp3) is 0.588. The van der Waals surface area contributed by atoms with E-state index < -0.39 is 5.82 Å². The van der Waals surface area contributed by atoms with Crippen molar-refractivity contribution in [3.63, 3.8) is 0 Å². The monoisotopic (exact) mass is 290 g/mol. The zero-order chi connectivity index (χ0) is 15.0. The van der Waals surface area contributed by atoms with Crippen LogP contribution in [0.3, 0.4) is 0 Å². The van der Waals surface area contributed by atoms with Gasteiger partial charge < -0.3 is 10.6 Å². The van der Waals surface area contributed by atoms with Crippen LogP contribution in [0.2, 0.25) is 0 Å². The summed E-state index contributed by atoms with van der Waals surface area (Å²) in [6.07, 6.45) is 5.77. The molecule has 2 N–H and O–H groups in total. The normalized spacial score (nSPS) is 29.0. The third kappa shape index (κ3) is 2.76. The van der Waals surface area contributed by atoms with Crippen molar-refractivity contribution < 1.29 is 9.18 Å². The number of nitrogens with two attached hydrogens (primary N) is 1. The number of nitrogens with zero attached hydrogens (tertiary/aromatic N) is 1. The highest BCUT2D eigenvalue weighted by atomic mass is 19.1. The van der Waals surface area contributed by atoms with Crippen LogP contribution in [-0.2, 0) is 0 Å². The number of nitrogen functional groups attached to an aromatic ring is 1. The van der Waals surface area contributed by atoms with Crippen LogP contribution in [0.15, 0.2) is 18.2 Å². The number of hydrogen-bond acceptors (Lipinski definition) is 2. The molecule has 2 aliphatic rings. The smallest absolute Gasteiger partial charge is 0.254 e. The molecule has 1 aromatic carbocycles. The Morgan fingerprint density at radius 3 is 2.76 bits per heavy atom. The molecule has 114 valence electrons. The summed E-state index contributed by atoms with van der Waals surface area (Å²) in [5.74, 6) is 0.771. The van der Waals surface area contributed by atoms with E-state index in [2.05, 4.69) is 6.92 Å². The van der Waals surface area contributed by atoms with Gasteiger partial charge in [0, 0.05) is 23.8 Å². The lowest BCUT2D eigenvalue weighted by molar-refractivity contribution is 0.0217. The summed E-state index contributed by atoms with van der Waals surface area (Å²) in [4.78, 5) is 14.7. The Kier molecular flexibility index (Phi) is 3.87. The molecule has 1 saturated heterocycles. The average Bonchev–Trinajstić information content (AvgIpc) is 2.46. The van der Waals surface area contributed by atoms with Gasteiger partial charge in [-0.1, -0.05) is 19.8 Å². The number of likely N-dealkylation sites (tertiary alicyclic amines) is 1. The summed E-state index contributed by atoms with van der Waals surface area (Å²) < 4.78 is 13.5. The lowest BCUT2D eigenvalue weighted by atomic mass is 9.72. The van der Waals surface area contributed by atoms with Crippen molar-refractivity contribution in [1.29, 1.82) is 0 Å². The second-order valence-electron chi connectivity index (χ2n) is 6.55. The molecule has 3 rings (SSSR count). The molecular weight excluding hydrogens is 267 g/mol. The van der Waals surface area contributed by atoms with Crippen molar-refractivity contribution in [2.45, 2.75) is 45.1 Å². The van der Waals surface area contributed by atoms with E-state index in [1.54, 1.807) is 6.07 Å². The van der Waals surface area contributed by atoms with Gasteiger partial charge in [0.25, 0.3) is 5.91 Å². The molecular formula is C17H23FN2O. The van der Waals surface area contributed by atoms with Crippen LogP contribution in [0, 0.1) is 17.7 Å². The number of amides is 1. The third-order valence-electron chi connectivity index (χ3n) is 5.17. The number of carbonyl (C=O) groups excluding carboxylic acids is 1. The summed E-state index contributed by atoms with van der Waals surface area (Å²) in [5.41, 5.74) is 6.36. The van der Waals surface area contributed by atoms with E-state index in [1.165, 1.54) is 31.4 Å². The van der Waals surface area contributed by atoms with Crippen molar-refractivity contribution in [3.05, 3.63) is 29.6 Å². The maximum absolute atomic E-state index is 13.5. The van der Waals surface area contributed by atoms with Crippen molar-refractivity contribution in [2.75, 3.05) is 12.3 Å². The van der Waals surface area contributed by atoms with E-state index in [9.17, 15) is 9.18 Å². The maximum atomic E-state index is 13.5. The summed E-state index contributed by atoms with van der Waals surface area (Å²) in [7, 11) is 0. The molecule has 3 atom stereocenters. The maximum Gasteiger partial charge on any atom is 0.254 e. The first-order valence-electron chi connectivity index (χ1n) is 7.93. The fourth-order valence-electron chi connectivity index (χ4n) is 4.07. The van der Waals surface area contributed by atoms with Gasteiger partial charge in [-0.3, -0.25) is 4.79 Å². The minimum atomic E-state index is -0.441. The van der Waals surface area contributed by atoms with Crippen LogP contribution in [-0.4, -0.2) is 23.4 Å². The topological polar surface area (TPSA) is 46.3 Å². The Labute approximate surface area is 125 Å². The van der Waals surface area contributed by atoms with Crippen molar-refractivity contribution >= 4 is 11.6 Å². The molecule has 1 aliphatic heterocycles. The number of piperidine rings is 1. The van der Waals surface area contributed by atoms with Gasteiger partial charge in [0.1, 0.15) is 5.82 Å². The number of carbonyl (C=O) groups is 1. The van der Waals surface area contributed by atoms with Gasteiger partial charge in [0.2, 0.25) is 0 Å². The number of anilines is 1. The van der Waals surface area contributed by atoms with Gasteiger partial charge in [-0.2, -0.15) is 0 Å². The molecule has 1 heterocycles. The lowest BCUT2D eigenvalue weighted by Gasteiger charge is -2.47. The highest BCUT2D eigenvalue weighted by Gasteiger charge is 2.39. The van der Waals surface area contributed by atoms with Crippen LogP contribution >= 0.6 is 0 Å². The Balaban J connectivity index is 1.86. The van der Waals surface area contributed by atoms with Gasteiger partial charge in [0.05, 0.1) is 0 Å². The molecule has 3 nitrogen and oxygen atoms in total. The van der Waals surface area contributed by atoms with Crippen molar-refractivity contribution in [1.82, 2.24) is 4.90 Å². The predicted molar refractivity (Wildman–Crippen MR) is 81.4 cm³/mol. The minimum Gasteiger partial charge on any atom is -0.399 e. The molecule has 0 bridgehead atoms. The summed E-state index contributed by atoms with van der Waals surface area (Å²) >= 11 is 0. The zero-order valence-corrected chi connectivity index (χ0v) is 12.5. The number of rotatable bonds is 1. The van der Waals surface area contributed by atoms with E-state index in [4.69, 9.17) is 5.73 Å². The van der Waals surface area contributed by atoms with Crippen LogP contribution < -0.4 is 5.73 Å². The first-order chi connectivity index (χ1) is 10.1. The Morgan fingerprint density at radius 2 is 2.00 bits per heavy atom. The molecule has 1 saturated carbocycles. The molecule has 1 amide bonds. The van der Waals surface area contributed by atoms with Crippen molar-refractivity contribution in [3.8, 4) is 0 Å². The van der Waals surface area contributed by atoms with E-state index in [1.807, 2.05) is 4.90 Å². The minimum absolute atomic E-state index is 0.0648. The molecule has 2 fully saturated rings. The number of fused-ring (bicyclic) bond motifs is 1. The van der Waals surface area contributed by atoms with Crippen LogP contribution in [0.5, 0.6) is 0 Å². The first kappa shape index (κ1) is 14.4. The number of halogens is 1. The SMILES string of the molecule is CC1CCN(C(=O)c2cc(N)cc(F)c2)C2CCCCC12. The Hall–Kier alpha value is -1.58. The standard InChI is InChI=1S/C17H23FN2O/c1-11-6-7-20(16-5-3-2-4-15(11)16)17(21)12-8-13(18)10-14(19)9-12/h8-11,15-16H,2-7,19H2,1H3. The molecule has 3 unspecified atom stereocenters. The fourth-order valence-corrected chi connectivity index (χ4v) is 4.07. The first-order valence-corrected chi connectivity index (χ1v) is 7.93. The Morgan fingerprint density at radius 1 is 1.24 bits per heavy atom. The average molecular weight is 290 g/mol. The van der Waals surface area contributed by atoms with E-state index in [0.717, 1.165) is 19.4 Å². The number of benzene rings is 1. The van der Waals surface area contributed by atoms with Gasteiger partial charge in [-0.15, -0.1) is 0 Å². The van der Waals surface area contributed by atoms with Gasteiger partial charge >= 0.3 is 0 Å². The van der Waals surface area contributed by atoms with Crippen molar-refractivity contribution in [2.24, 2.45) is 11.8 Å². The predicted octanol–water partition coefficient (Wildman–Crippen LogP) is 3.45. The molecule has 21 heavy (non-hydrogen) atoms. The van der Waals surface area contributed by atoms with Gasteiger partial charge in [0.15, 0.2) is 0 Å². The Bertz CT molecular complexity index is 525. The van der Waals surface area contributed by atoms with Gasteiger partial charge in [-0.25, -0.2) is 4.39 Å². The molecule has 0 aromatic heterocycles.